The van der Waals surface area contributed by atoms with Crippen molar-refractivity contribution in [1.29, 1.82) is 0 Å². The van der Waals surface area contributed by atoms with Gasteiger partial charge in [0, 0.05) is 41.2 Å². The van der Waals surface area contributed by atoms with Crippen molar-refractivity contribution < 1.29 is 31.9 Å². The normalized spacial score (nSPS) is 16.7. The van der Waals surface area contributed by atoms with E-state index in [2.05, 4.69) is 15.6 Å². The summed E-state index contributed by atoms with van der Waals surface area (Å²) in [5.74, 6) is -1.91. The van der Waals surface area contributed by atoms with Gasteiger partial charge in [-0.05, 0) is 69.3 Å². The fraction of sp³-hybridized carbons (Fsp3) is 0.345. The van der Waals surface area contributed by atoms with E-state index in [0.29, 0.717) is 24.0 Å². The molecule has 2 aromatic carbocycles. The van der Waals surface area contributed by atoms with E-state index in [4.69, 9.17) is 4.74 Å². The lowest BCUT2D eigenvalue weighted by atomic mass is 9.86. The molecule has 0 unspecified atom stereocenters. The van der Waals surface area contributed by atoms with Gasteiger partial charge in [-0.1, -0.05) is 12.1 Å². The summed E-state index contributed by atoms with van der Waals surface area (Å²) in [5, 5.41) is 5.09. The number of hydrogen-bond donors (Lipinski definition) is 3. The van der Waals surface area contributed by atoms with E-state index in [-0.39, 0.29) is 46.8 Å². The molecule has 0 saturated heterocycles. The van der Waals surface area contributed by atoms with Gasteiger partial charge < -0.3 is 25.3 Å². The number of nitrogens with zero attached hydrogens (tertiary/aromatic N) is 1. The minimum atomic E-state index is -4.76. The lowest BCUT2D eigenvalue weighted by Gasteiger charge is -2.39. The summed E-state index contributed by atoms with van der Waals surface area (Å²) in [6, 6.07) is 8.08. The van der Waals surface area contributed by atoms with Crippen LogP contribution in [0.2, 0.25) is 0 Å². The second-order valence-corrected chi connectivity index (χ2v) is 10.1. The molecule has 12 heteroatoms. The van der Waals surface area contributed by atoms with Gasteiger partial charge >= 0.3 is 6.18 Å². The molecule has 0 bridgehead atoms. The number of rotatable bonds is 9. The predicted octanol–water partition coefficient (Wildman–Crippen LogP) is 4.60. The number of carbonyl (C=O) groups excluding carboxylic acids is 2. The number of aromatic amines is 1. The lowest BCUT2D eigenvalue weighted by molar-refractivity contribution is -0.137. The first-order chi connectivity index (χ1) is 19.3. The van der Waals surface area contributed by atoms with Crippen LogP contribution in [0.1, 0.15) is 41.3 Å². The standard InChI is InChI=1S/C29H30F4N4O4/c1-4-41-25-14-26(38)34-15-23(25)16-5-6-17(24(30)9-16)10-27(39)35-20-8-18(7-19(11-20)29(31,32)33)28(40)36-21-12-22(13-21)37(2)3/h5-9,11,14-15,21-22H,4,10,12-13H2,1-3H3,(H,34,38)(H,35,39)(H,36,40). The van der Waals surface area contributed by atoms with E-state index < -0.39 is 35.8 Å². The Morgan fingerprint density at radius 1 is 1.10 bits per heavy atom. The summed E-state index contributed by atoms with van der Waals surface area (Å²) >= 11 is 0. The molecule has 218 valence electrons. The van der Waals surface area contributed by atoms with Crippen molar-refractivity contribution in [2.24, 2.45) is 0 Å². The van der Waals surface area contributed by atoms with Gasteiger partial charge in [0.15, 0.2) is 0 Å². The minimum absolute atomic E-state index is 0.000920. The number of H-pyrrole nitrogens is 1. The van der Waals surface area contributed by atoms with Crippen LogP contribution in [0.25, 0.3) is 11.1 Å². The maximum Gasteiger partial charge on any atom is 0.416 e. The number of nitrogens with one attached hydrogen (secondary N) is 3. The van der Waals surface area contributed by atoms with Crippen LogP contribution < -0.4 is 20.9 Å². The second kappa shape index (κ2) is 12.1. The van der Waals surface area contributed by atoms with Crippen LogP contribution in [0, 0.1) is 5.82 Å². The van der Waals surface area contributed by atoms with Crippen LogP contribution in [-0.2, 0) is 17.4 Å². The number of aromatic nitrogens is 1. The molecule has 3 aromatic rings. The maximum absolute atomic E-state index is 15.0. The number of ether oxygens (including phenoxy) is 1. The third-order valence-corrected chi connectivity index (χ3v) is 6.89. The van der Waals surface area contributed by atoms with E-state index in [1.54, 1.807) is 6.92 Å². The molecular formula is C29H30F4N4O4. The molecule has 4 rings (SSSR count). The average Bonchev–Trinajstić information content (AvgIpc) is 2.86. The fourth-order valence-electron chi connectivity index (χ4n) is 4.58. The Labute approximate surface area is 233 Å². The van der Waals surface area contributed by atoms with Crippen molar-refractivity contribution in [2.45, 2.75) is 44.4 Å². The molecule has 41 heavy (non-hydrogen) atoms. The van der Waals surface area contributed by atoms with Crippen molar-refractivity contribution in [2.75, 3.05) is 26.0 Å². The first-order valence-corrected chi connectivity index (χ1v) is 13.0. The van der Waals surface area contributed by atoms with Crippen LogP contribution in [0.3, 0.4) is 0 Å². The van der Waals surface area contributed by atoms with Gasteiger partial charge in [0.05, 0.1) is 18.6 Å². The summed E-state index contributed by atoms with van der Waals surface area (Å²) in [5.41, 5.74) is -1.13. The molecule has 1 aromatic heterocycles. The van der Waals surface area contributed by atoms with E-state index >= 15 is 0 Å². The molecule has 1 aliphatic rings. The number of anilines is 1. The molecule has 0 radical (unpaired) electrons. The zero-order valence-electron chi connectivity index (χ0n) is 22.7. The van der Waals surface area contributed by atoms with Crippen molar-refractivity contribution >= 4 is 17.5 Å². The Kier molecular flexibility index (Phi) is 8.81. The number of halogens is 4. The van der Waals surface area contributed by atoms with Crippen molar-refractivity contribution in [3.8, 4) is 16.9 Å². The molecule has 3 N–H and O–H groups in total. The smallest absolute Gasteiger partial charge is 0.416 e. The molecule has 0 aliphatic heterocycles. The molecular weight excluding hydrogens is 544 g/mol. The number of amides is 2. The zero-order valence-corrected chi connectivity index (χ0v) is 22.7. The largest absolute Gasteiger partial charge is 0.493 e. The highest BCUT2D eigenvalue weighted by molar-refractivity contribution is 5.98. The van der Waals surface area contributed by atoms with Gasteiger partial charge in [0.25, 0.3) is 11.5 Å². The third-order valence-electron chi connectivity index (χ3n) is 6.89. The third kappa shape index (κ3) is 7.31. The van der Waals surface area contributed by atoms with Gasteiger partial charge in [0.1, 0.15) is 11.6 Å². The Morgan fingerprint density at radius 3 is 2.46 bits per heavy atom. The van der Waals surface area contributed by atoms with E-state index in [9.17, 15) is 31.9 Å². The van der Waals surface area contributed by atoms with Gasteiger partial charge in [-0.25, -0.2) is 4.39 Å². The summed E-state index contributed by atoms with van der Waals surface area (Å²) in [6.45, 7) is 2.02. The highest BCUT2D eigenvalue weighted by atomic mass is 19.4. The average molecular weight is 575 g/mol. The van der Waals surface area contributed by atoms with Gasteiger partial charge in [-0.3, -0.25) is 14.4 Å². The number of alkyl halides is 3. The highest BCUT2D eigenvalue weighted by Gasteiger charge is 2.34. The number of carbonyl (C=O) groups is 2. The van der Waals surface area contributed by atoms with Crippen LogP contribution in [-0.4, -0.2) is 54.5 Å². The second-order valence-electron chi connectivity index (χ2n) is 10.1. The molecule has 0 atom stereocenters. The number of pyridine rings is 1. The quantitative estimate of drug-likeness (QED) is 0.324. The van der Waals surface area contributed by atoms with E-state index in [1.165, 1.54) is 30.5 Å². The molecule has 0 spiro atoms. The van der Waals surface area contributed by atoms with Gasteiger partial charge in [-0.15, -0.1) is 0 Å². The Hall–Kier alpha value is -4.19. The molecule has 1 heterocycles. The minimum Gasteiger partial charge on any atom is -0.493 e. The van der Waals surface area contributed by atoms with Gasteiger partial charge in [0.2, 0.25) is 5.91 Å². The van der Waals surface area contributed by atoms with Crippen LogP contribution in [0.4, 0.5) is 23.2 Å². The van der Waals surface area contributed by atoms with Crippen molar-refractivity contribution in [1.82, 2.24) is 15.2 Å². The Balaban J connectivity index is 1.49. The first-order valence-electron chi connectivity index (χ1n) is 13.0. The van der Waals surface area contributed by atoms with Crippen molar-refractivity contribution in [3.63, 3.8) is 0 Å². The topological polar surface area (TPSA) is 104 Å². The molecule has 8 nitrogen and oxygen atoms in total. The molecule has 1 fully saturated rings. The summed E-state index contributed by atoms with van der Waals surface area (Å²) in [6.07, 6.45) is -2.48. The number of benzene rings is 2. The fourth-order valence-corrected chi connectivity index (χ4v) is 4.58. The first kappa shape index (κ1) is 29.8. The van der Waals surface area contributed by atoms with E-state index in [1.807, 2.05) is 19.0 Å². The number of hydrogen-bond acceptors (Lipinski definition) is 5. The maximum atomic E-state index is 15.0. The Morgan fingerprint density at radius 2 is 1.83 bits per heavy atom. The highest BCUT2D eigenvalue weighted by Crippen LogP contribution is 2.33. The summed E-state index contributed by atoms with van der Waals surface area (Å²) < 4.78 is 61.2. The SMILES string of the molecule is CCOc1cc(=O)[nH]cc1-c1ccc(CC(=O)Nc2cc(C(=O)NC3CC(N(C)C)C3)cc(C(F)(F)F)c2)c(F)c1. The molecule has 2 amide bonds. The van der Waals surface area contributed by atoms with Crippen LogP contribution >= 0.6 is 0 Å². The van der Waals surface area contributed by atoms with Gasteiger partial charge in [-0.2, -0.15) is 13.2 Å². The van der Waals surface area contributed by atoms with E-state index in [0.717, 1.165) is 18.2 Å². The zero-order chi connectivity index (χ0) is 29.9. The van der Waals surface area contributed by atoms with Crippen molar-refractivity contribution in [3.05, 3.63) is 81.5 Å². The lowest BCUT2D eigenvalue weighted by Crippen LogP contribution is -2.51. The molecule has 1 aliphatic carbocycles. The Bertz CT molecular complexity index is 1500. The monoisotopic (exact) mass is 574 g/mol. The summed E-state index contributed by atoms with van der Waals surface area (Å²) in [4.78, 5) is 41.6. The summed E-state index contributed by atoms with van der Waals surface area (Å²) in [7, 11) is 3.82. The predicted molar refractivity (Wildman–Crippen MR) is 145 cm³/mol. The van der Waals surface area contributed by atoms with Crippen LogP contribution in [0.15, 0.2) is 53.5 Å². The van der Waals surface area contributed by atoms with Crippen LogP contribution in [0.5, 0.6) is 5.75 Å². The molecule has 1 saturated carbocycles.